The summed E-state index contributed by atoms with van der Waals surface area (Å²) in [4.78, 5) is 13.3. The van der Waals surface area contributed by atoms with E-state index in [1.54, 1.807) is 0 Å². The Balaban J connectivity index is 2.28. The van der Waals surface area contributed by atoms with Gasteiger partial charge in [-0.25, -0.2) is 0 Å². The Morgan fingerprint density at radius 3 is 1.38 bits per heavy atom. The molecule has 0 radical (unpaired) electrons. The van der Waals surface area contributed by atoms with Gasteiger partial charge in [0.1, 0.15) is 5.78 Å². The molecular weight excluding hydrogens is 324 g/mol. The van der Waals surface area contributed by atoms with E-state index in [1.807, 2.05) is 74.5 Å². The molecule has 2 rings (SSSR count). The fourth-order valence-electron chi connectivity index (χ4n) is 3.57. The highest BCUT2D eigenvalue weighted by atomic mass is 16.3. The number of aliphatic hydroxyl groups is 2. The van der Waals surface area contributed by atoms with E-state index in [2.05, 4.69) is 0 Å². The molecule has 0 unspecified atom stereocenters. The summed E-state index contributed by atoms with van der Waals surface area (Å²) in [5.74, 6) is -1.05. The highest BCUT2D eigenvalue weighted by Crippen LogP contribution is 2.35. The first kappa shape index (κ1) is 20.3. The van der Waals surface area contributed by atoms with Gasteiger partial charge in [0.2, 0.25) is 0 Å². The van der Waals surface area contributed by atoms with Crippen LogP contribution in [-0.2, 0) is 4.79 Å². The lowest BCUT2D eigenvalue weighted by Crippen LogP contribution is -2.32. The van der Waals surface area contributed by atoms with Crippen molar-refractivity contribution < 1.29 is 15.0 Å². The molecule has 0 aromatic heterocycles. The Bertz CT molecular complexity index is 596. The Labute approximate surface area is 156 Å². The number of benzene rings is 2. The van der Waals surface area contributed by atoms with Gasteiger partial charge < -0.3 is 10.2 Å². The van der Waals surface area contributed by atoms with E-state index in [-0.39, 0.29) is 5.78 Å². The first-order chi connectivity index (χ1) is 12.6. The summed E-state index contributed by atoms with van der Waals surface area (Å²) < 4.78 is 0. The van der Waals surface area contributed by atoms with Crippen molar-refractivity contribution in [3.8, 4) is 0 Å². The van der Waals surface area contributed by atoms with E-state index >= 15 is 0 Å². The van der Waals surface area contributed by atoms with E-state index in [1.165, 1.54) is 0 Å². The molecule has 26 heavy (non-hydrogen) atoms. The molecule has 0 saturated carbocycles. The monoisotopic (exact) mass is 354 g/mol. The van der Waals surface area contributed by atoms with Crippen LogP contribution >= 0.6 is 0 Å². The van der Waals surface area contributed by atoms with E-state index in [9.17, 15) is 15.0 Å². The van der Waals surface area contributed by atoms with Crippen LogP contribution in [0.15, 0.2) is 60.7 Å². The van der Waals surface area contributed by atoms with E-state index < -0.39 is 24.0 Å². The minimum Gasteiger partial charge on any atom is -0.388 e. The normalized spacial score (nSPS) is 15.8. The summed E-state index contributed by atoms with van der Waals surface area (Å²) in [5.41, 5.74) is 1.51. The van der Waals surface area contributed by atoms with Crippen molar-refractivity contribution in [2.24, 2.45) is 11.8 Å². The van der Waals surface area contributed by atoms with E-state index in [0.29, 0.717) is 12.8 Å². The zero-order chi connectivity index (χ0) is 18.9. The number of rotatable bonds is 10. The number of carbonyl (C=O) groups excluding carboxylic acids is 1. The predicted molar refractivity (Wildman–Crippen MR) is 105 cm³/mol. The molecule has 0 bridgehead atoms. The largest absolute Gasteiger partial charge is 0.388 e. The van der Waals surface area contributed by atoms with Gasteiger partial charge in [-0.05, 0) is 24.0 Å². The average Bonchev–Trinajstić information content (AvgIpc) is 2.70. The highest BCUT2D eigenvalue weighted by Gasteiger charge is 2.35. The minimum absolute atomic E-state index is 0.0404. The van der Waals surface area contributed by atoms with Crippen LogP contribution in [0.25, 0.3) is 0 Å². The standard InChI is InChI=1S/C23H30O3/c1-3-11-19(21(24)17-13-7-5-8-14-17)23(26)20(12-4-2)22(25)18-15-9-6-10-16-18/h5-10,13-16,19-22,24-25H,3-4,11-12H2,1-2H3/t19-,20-,21-,22-/m0/s1. The summed E-state index contributed by atoms with van der Waals surface area (Å²) in [7, 11) is 0. The first-order valence-corrected chi connectivity index (χ1v) is 9.59. The maximum Gasteiger partial charge on any atom is 0.144 e. The number of hydrogen-bond donors (Lipinski definition) is 2. The van der Waals surface area contributed by atoms with Crippen LogP contribution in [0.4, 0.5) is 0 Å². The molecule has 0 aliphatic heterocycles. The predicted octanol–water partition coefficient (Wildman–Crippen LogP) is 4.86. The average molecular weight is 354 g/mol. The third-order valence-electron chi connectivity index (χ3n) is 4.97. The quantitative estimate of drug-likeness (QED) is 0.641. The van der Waals surface area contributed by atoms with Gasteiger partial charge >= 0.3 is 0 Å². The molecule has 0 amide bonds. The summed E-state index contributed by atoms with van der Waals surface area (Å²) in [5, 5.41) is 21.7. The van der Waals surface area contributed by atoms with E-state index in [4.69, 9.17) is 0 Å². The Morgan fingerprint density at radius 2 is 1.08 bits per heavy atom. The number of aliphatic hydroxyl groups excluding tert-OH is 2. The third-order valence-corrected chi connectivity index (χ3v) is 4.97. The van der Waals surface area contributed by atoms with Gasteiger partial charge in [0.05, 0.1) is 12.2 Å². The van der Waals surface area contributed by atoms with Crippen molar-refractivity contribution in [3.63, 3.8) is 0 Å². The Kier molecular flexibility index (Phi) is 8.02. The van der Waals surface area contributed by atoms with Gasteiger partial charge in [-0.15, -0.1) is 0 Å². The summed E-state index contributed by atoms with van der Waals surface area (Å²) >= 11 is 0. The van der Waals surface area contributed by atoms with Crippen molar-refractivity contribution in [1.82, 2.24) is 0 Å². The van der Waals surface area contributed by atoms with E-state index in [0.717, 1.165) is 24.0 Å². The zero-order valence-corrected chi connectivity index (χ0v) is 15.7. The van der Waals surface area contributed by atoms with Crippen LogP contribution in [-0.4, -0.2) is 16.0 Å². The van der Waals surface area contributed by atoms with Crippen molar-refractivity contribution in [2.45, 2.75) is 51.7 Å². The first-order valence-electron chi connectivity index (χ1n) is 9.59. The summed E-state index contributed by atoms with van der Waals surface area (Å²) in [6.45, 7) is 4.03. The lowest BCUT2D eigenvalue weighted by Gasteiger charge is -2.29. The Morgan fingerprint density at radius 1 is 0.731 bits per heavy atom. The molecule has 2 aromatic rings. The molecule has 0 aliphatic carbocycles. The van der Waals surface area contributed by atoms with Crippen LogP contribution in [0, 0.1) is 11.8 Å². The third kappa shape index (κ3) is 5.03. The molecule has 0 heterocycles. The van der Waals surface area contributed by atoms with Gasteiger partial charge in [0, 0.05) is 11.8 Å². The molecule has 4 atom stereocenters. The van der Waals surface area contributed by atoms with Crippen molar-refractivity contribution >= 4 is 5.78 Å². The minimum atomic E-state index is -0.842. The molecule has 0 spiro atoms. The van der Waals surface area contributed by atoms with Crippen molar-refractivity contribution in [3.05, 3.63) is 71.8 Å². The number of Topliss-reactive ketones (excluding diaryl/α,β-unsaturated/α-hetero) is 1. The van der Waals surface area contributed by atoms with Gasteiger partial charge in [-0.1, -0.05) is 87.4 Å². The topological polar surface area (TPSA) is 57.5 Å². The van der Waals surface area contributed by atoms with Crippen LogP contribution in [0.5, 0.6) is 0 Å². The van der Waals surface area contributed by atoms with Crippen molar-refractivity contribution in [2.75, 3.05) is 0 Å². The molecular formula is C23H30O3. The highest BCUT2D eigenvalue weighted by molar-refractivity contribution is 5.84. The van der Waals surface area contributed by atoms with Gasteiger partial charge in [-0.2, -0.15) is 0 Å². The lowest BCUT2D eigenvalue weighted by atomic mass is 9.78. The van der Waals surface area contributed by atoms with Crippen LogP contribution in [0.3, 0.4) is 0 Å². The van der Waals surface area contributed by atoms with Crippen LogP contribution < -0.4 is 0 Å². The van der Waals surface area contributed by atoms with Crippen LogP contribution in [0.1, 0.15) is 62.9 Å². The molecule has 3 heteroatoms. The molecule has 0 aliphatic rings. The number of ketones is 1. The fraction of sp³-hybridized carbons (Fsp3) is 0.435. The van der Waals surface area contributed by atoms with Gasteiger partial charge in [0.15, 0.2) is 0 Å². The Hall–Kier alpha value is -1.97. The maximum absolute atomic E-state index is 13.3. The lowest BCUT2D eigenvalue weighted by molar-refractivity contribution is -0.135. The van der Waals surface area contributed by atoms with Gasteiger partial charge in [0.25, 0.3) is 0 Å². The van der Waals surface area contributed by atoms with Gasteiger partial charge in [-0.3, -0.25) is 4.79 Å². The summed E-state index contributed by atoms with van der Waals surface area (Å²) in [6.07, 6.45) is 1.14. The smallest absolute Gasteiger partial charge is 0.144 e. The molecule has 3 nitrogen and oxygen atoms in total. The fourth-order valence-corrected chi connectivity index (χ4v) is 3.57. The second-order valence-electron chi connectivity index (χ2n) is 6.90. The summed E-state index contributed by atoms with van der Waals surface area (Å²) in [6, 6.07) is 18.7. The SMILES string of the molecule is CCC[C@H](C(=O)[C@@H](CCC)[C@@H](O)c1ccccc1)[C@@H](O)c1ccccc1. The molecule has 2 N–H and O–H groups in total. The second-order valence-corrected chi connectivity index (χ2v) is 6.90. The zero-order valence-electron chi connectivity index (χ0n) is 15.7. The second kappa shape index (κ2) is 10.2. The van der Waals surface area contributed by atoms with Crippen molar-refractivity contribution in [1.29, 1.82) is 0 Å². The maximum atomic E-state index is 13.3. The van der Waals surface area contributed by atoms with Crippen LogP contribution in [0.2, 0.25) is 0 Å². The molecule has 2 aromatic carbocycles. The number of hydrogen-bond acceptors (Lipinski definition) is 3. The number of carbonyl (C=O) groups is 1. The molecule has 140 valence electrons. The molecule has 0 saturated heterocycles. The molecule has 0 fully saturated rings.